The van der Waals surface area contributed by atoms with Crippen LogP contribution in [0.4, 0.5) is 4.79 Å². The highest BCUT2D eigenvalue weighted by atomic mass is 32.2. The van der Waals surface area contributed by atoms with Gasteiger partial charge in [0.2, 0.25) is 15.9 Å². The molecule has 1 aromatic heterocycles. The van der Waals surface area contributed by atoms with E-state index in [-0.39, 0.29) is 43.5 Å². The molecule has 1 saturated heterocycles. The predicted molar refractivity (Wildman–Crippen MR) is 168 cm³/mol. The van der Waals surface area contributed by atoms with Crippen molar-refractivity contribution >= 4 is 45.0 Å². The van der Waals surface area contributed by atoms with Crippen molar-refractivity contribution < 1.29 is 32.3 Å². The first-order valence-corrected chi connectivity index (χ1v) is 16.9. The highest BCUT2D eigenvalue weighted by Gasteiger charge is 2.28. The van der Waals surface area contributed by atoms with E-state index in [9.17, 15) is 22.8 Å². The molecule has 3 N–H and O–H groups in total. The van der Waals surface area contributed by atoms with Gasteiger partial charge in [0.25, 0.3) is 5.91 Å². The number of carbonyl (C=O) groups excluding carboxylic acids is 3. The molecule has 0 radical (unpaired) electrons. The van der Waals surface area contributed by atoms with Gasteiger partial charge in [0.1, 0.15) is 6.34 Å². The fourth-order valence-corrected chi connectivity index (χ4v) is 5.65. The molecule has 1 saturated carbocycles. The van der Waals surface area contributed by atoms with Gasteiger partial charge in [0.15, 0.2) is 18.7 Å². The Kier molecular flexibility index (Phi) is 11.3. The van der Waals surface area contributed by atoms with Crippen LogP contribution in [0.5, 0.6) is 0 Å². The summed E-state index contributed by atoms with van der Waals surface area (Å²) in [6.45, 7) is 2.63. The molecule has 1 aliphatic carbocycles. The molecule has 2 aromatic carbocycles. The van der Waals surface area contributed by atoms with Crippen LogP contribution in [0.25, 0.3) is 10.8 Å². The Bertz CT molecular complexity index is 1690. The summed E-state index contributed by atoms with van der Waals surface area (Å²) in [5, 5.41) is 25.2. The highest BCUT2D eigenvalue weighted by molar-refractivity contribution is 7.89. The van der Waals surface area contributed by atoms with Crippen LogP contribution >= 0.6 is 0 Å². The zero-order valence-corrected chi connectivity index (χ0v) is 26.8. The van der Waals surface area contributed by atoms with Crippen LogP contribution in [0, 0.1) is 0 Å². The molecule has 1 atom stereocenters. The highest BCUT2D eigenvalue weighted by Crippen LogP contribution is 2.32. The van der Waals surface area contributed by atoms with Gasteiger partial charge in [-0.2, -0.15) is 9.90 Å². The van der Waals surface area contributed by atoms with Crippen LogP contribution in [0.2, 0.25) is 0 Å². The van der Waals surface area contributed by atoms with E-state index in [1.54, 1.807) is 28.9 Å². The number of hydrogen-bond donors (Lipinski definition) is 3. The van der Waals surface area contributed by atoms with Crippen molar-refractivity contribution in [1.82, 2.24) is 45.5 Å². The molecule has 252 valence electrons. The van der Waals surface area contributed by atoms with Crippen LogP contribution in [-0.2, 0) is 35.5 Å². The standard InChI is InChI=1S/C29H38N10O7S/c1-2-37(19-32-38-15-16-45-25(18-38)28(41)30-13-11-26-34-36-39(35-26)23-8-9-23)29(42)46-20-31-27(40)12-14-33-47(43,44)24-10-7-21-5-3-4-6-22(21)17-24/h3-7,10,17,19,23,25,33H,2,8-9,11-16,18,20H2,1H3,(H,30,41)(H,31,40)/t25-/m0/s1. The Hall–Kier alpha value is -4.68. The monoisotopic (exact) mass is 670 g/mol. The number of hydrogen-bond acceptors (Lipinski definition) is 12. The molecule has 47 heavy (non-hydrogen) atoms. The molecule has 1 aliphatic heterocycles. The molecule has 3 amide bonds. The van der Waals surface area contributed by atoms with Crippen LogP contribution < -0.4 is 15.4 Å². The van der Waals surface area contributed by atoms with E-state index in [4.69, 9.17) is 9.47 Å². The number of nitrogens with one attached hydrogen (secondary N) is 3. The van der Waals surface area contributed by atoms with Gasteiger partial charge in [-0.05, 0) is 47.9 Å². The summed E-state index contributed by atoms with van der Waals surface area (Å²) in [5.74, 6) is -0.225. The van der Waals surface area contributed by atoms with Crippen molar-refractivity contribution in [2.24, 2.45) is 5.10 Å². The van der Waals surface area contributed by atoms with Crippen molar-refractivity contribution in [3.63, 3.8) is 0 Å². The molecular formula is C29H38N10O7S. The zero-order chi connectivity index (χ0) is 33.2. The Balaban J connectivity index is 0.979. The third kappa shape index (κ3) is 9.66. The van der Waals surface area contributed by atoms with Gasteiger partial charge in [-0.25, -0.2) is 17.9 Å². The zero-order valence-electron chi connectivity index (χ0n) is 25.9. The summed E-state index contributed by atoms with van der Waals surface area (Å²) in [6, 6.07) is 12.5. The number of morpholine rings is 1. The minimum absolute atomic E-state index is 0.0990. The number of benzene rings is 2. The molecule has 5 rings (SSSR count). The lowest BCUT2D eigenvalue weighted by Gasteiger charge is -2.30. The van der Waals surface area contributed by atoms with Crippen molar-refractivity contribution in [2.45, 2.75) is 49.6 Å². The van der Waals surface area contributed by atoms with Gasteiger partial charge in [-0.15, -0.1) is 10.2 Å². The molecular weight excluding hydrogens is 632 g/mol. The fourth-order valence-electron chi connectivity index (χ4n) is 4.59. The SMILES string of the molecule is CCN(C=NN1CCO[C@H](C(=O)NCCc2nnn(C3CC3)n2)C1)C(=O)OCNC(=O)CCNS(=O)(=O)c1ccc2ccccc2c1. The first-order chi connectivity index (χ1) is 22.7. The van der Waals surface area contributed by atoms with Crippen LogP contribution in [0.3, 0.4) is 0 Å². The van der Waals surface area contributed by atoms with Gasteiger partial charge in [-0.1, -0.05) is 30.3 Å². The average molecular weight is 671 g/mol. The number of rotatable bonds is 15. The minimum atomic E-state index is -3.81. The lowest BCUT2D eigenvalue weighted by Crippen LogP contribution is -2.48. The number of tetrazole rings is 1. The maximum absolute atomic E-state index is 12.6. The second kappa shape index (κ2) is 15.7. The van der Waals surface area contributed by atoms with Gasteiger partial charge < -0.3 is 20.1 Å². The quantitative estimate of drug-likeness (QED) is 0.115. The normalized spacial score (nSPS) is 16.7. The summed E-state index contributed by atoms with van der Waals surface area (Å²) in [6.07, 6.45) is 2.21. The Morgan fingerprint density at radius 1 is 1.13 bits per heavy atom. The smallest absolute Gasteiger partial charge is 0.416 e. The first kappa shape index (κ1) is 33.7. The van der Waals surface area contributed by atoms with Crippen LogP contribution in [-0.4, -0.2) is 115 Å². The largest absolute Gasteiger partial charge is 0.428 e. The maximum atomic E-state index is 12.6. The van der Waals surface area contributed by atoms with E-state index < -0.39 is 34.9 Å². The van der Waals surface area contributed by atoms with Crippen LogP contribution in [0.1, 0.15) is 38.1 Å². The van der Waals surface area contributed by atoms with Crippen LogP contribution in [0.15, 0.2) is 52.5 Å². The summed E-state index contributed by atoms with van der Waals surface area (Å²) in [4.78, 5) is 40.3. The van der Waals surface area contributed by atoms with Crippen molar-refractivity contribution in [3.8, 4) is 0 Å². The van der Waals surface area contributed by atoms with Gasteiger partial charge in [-0.3, -0.25) is 19.5 Å². The number of hydrazone groups is 1. The van der Waals surface area contributed by atoms with Gasteiger partial charge in [0, 0.05) is 32.5 Å². The van der Waals surface area contributed by atoms with E-state index in [1.165, 1.54) is 17.3 Å². The molecule has 18 heteroatoms. The molecule has 3 aromatic rings. The van der Waals surface area contributed by atoms with E-state index in [1.807, 2.05) is 24.3 Å². The summed E-state index contributed by atoms with van der Waals surface area (Å²) < 4.78 is 38.4. The number of amides is 3. The lowest BCUT2D eigenvalue weighted by molar-refractivity contribution is -0.138. The molecule has 0 unspecified atom stereocenters. The average Bonchev–Trinajstić information content (AvgIpc) is 3.82. The topological polar surface area (TPSA) is 202 Å². The summed E-state index contributed by atoms with van der Waals surface area (Å²) in [7, 11) is -3.81. The van der Waals surface area contributed by atoms with Crippen molar-refractivity contribution in [1.29, 1.82) is 0 Å². The van der Waals surface area contributed by atoms with Gasteiger partial charge >= 0.3 is 6.09 Å². The Morgan fingerprint density at radius 2 is 1.94 bits per heavy atom. The lowest BCUT2D eigenvalue weighted by atomic mass is 10.1. The molecule has 2 heterocycles. The number of carbonyl (C=O) groups is 3. The van der Waals surface area contributed by atoms with Crippen molar-refractivity contribution in [2.75, 3.05) is 46.1 Å². The molecule has 0 bridgehead atoms. The predicted octanol–water partition coefficient (Wildman–Crippen LogP) is 0.365. The summed E-state index contributed by atoms with van der Waals surface area (Å²) in [5.41, 5.74) is 0. The molecule has 17 nitrogen and oxygen atoms in total. The number of ether oxygens (including phenoxy) is 2. The van der Waals surface area contributed by atoms with E-state index in [0.29, 0.717) is 31.4 Å². The number of sulfonamides is 1. The third-order valence-electron chi connectivity index (χ3n) is 7.40. The van der Waals surface area contributed by atoms with Gasteiger partial charge in [0.05, 0.1) is 30.6 Å². The van der Waals surface area contributed by atoms with E-state index in [0.717, 1.165) is 23.6 Å². The second-order valence-electron chi connectivity index (χ2n) is 10.9. The first-order valence-electron chi connectivity index (χ1n) is 15.4. The number of fused-ring (bicyclic) bond motifs is 1. The maximum Gasteiger partial charge on any atom is 0.416 e. The summed E-state index contributed by atoms with van der Waals surface area (Å²) >= 11 is 0. The molecule has 2 fully saturated rings. The van der Waals surface area contributed by atoms with Crippen molar-refractivity contribution in [3.05, 3.63) is 48.3 Å². The number of aromatic nitrogens is 4. The Morgan fingerprint density at radius 3 is 2.72 bits per heavy atom. The molecule has 0 spiro atoms. The fraction of sp³-hybridized carbons (Fsp3) is 0.483. The molecule has 2 aliphatic rings. The number of nitrogens with zero attached hydrogens (tertiary/aromatic N) is 7. The second-order valence-corrected chi connectivity index (χ2v) is 12.7. The van der Waals surface area contributed by atoms with E-state index in [2.05, 4.69) is 35.9 Å². The Labute approximate surface area is 271 Å². The van der Waals surface area contributed by atoms with E-state index >= 15 is 0 Å². The third-order valence-corrected chi connectivity index (χ3v) is 8.86. The minimum Gasteiger partial charge on any atom is -0.428 e.